The molecular formula is C10H10F3N3O2. The molecule has 1 heterocycles. The van der Waals surface area contributed by atoms with Crippen LogP contribution in [0.5, 0.6) is 0 Å². The van der Waals surface area contributed by atoms with Crippen LogP contribution in [0.4, 0.5) is 24.5 Å². The Morgan fingerprint density at radius 1 is 1.39 bits per heavy atom. The van der Waals surface area contributed by atoms with Crippen LogP contribution < -0.4 is 10.6 Å². The SMILES string of the molecule is O=[N+]([O-])c1ccc(NC2CNC2)cc1C(F)(F)F. The van der Waals surface area contributed by atoms with Crippen molar-refractivity contribution in [2.75, 3.05) is 18.4 Å². The zero-order chi connectivity index (χ0) is 13.3. The van der Waals surface area contributed by atoms with E-state index in [1.807, 2.05) is 0 Å². The van der Waals surface area contributed by atoms with Gasteiger partial charge in [-0.25, -0.2) is 0 Å². The van der Waals surface area contributed by atoms with E-state index < -0.39 is 22.4 Å². The molecule has 0 aromatic heterocycles. The first-order valence-electron chi connectivity index (χ1n) is 5.21. The molecule has 0 spiro atoms. The van der Waals surface area contributed by atoms with E-state index in [-0.39, 0.29) is 11.7 Å². The minimum atomic E-state index is -4.74. The fraction of sp³-hybridized carbons (Fsp3) is 0.400. The molecule has 1 aromatic rings. The van der Waals surface area contributed by atoms with Crippen LogP contribution in [0.2, 0.25) is 0 Å². The second-order valence-corrected chi connectivity index (χ2v) is 3.99. The summed E-state index contributed by atoms with van der Waals surface area (Å²) in [5, 5.41) is 16.4. The fourth-order valence-electron chi connectivity index (χ4n) is 1.64. The average molecular weight is 261 g/mol. The minimum absolute atomic E-state index is 0.0625. The van der Waals surface area contributed by atoms with Gasteiger partial charge < -0.3 is 10.6 Å². The summed E-state index contributed by atoms with van der Waals surface area (Å²) < 4.78 is 38.0. The van der Waals surface area contributed by atoms with Gasteiger partial charge in [-0.2, -0.15) is 13.2 Å². The number of alkyl halides is 3. The summed E-state index contributed by atoms with van der Waals surface area (Å²) in [6.45, 7) is 1.33. The number of rotatable bonds is 3. The highest BCUT2D eigenvalue weighted by Crippen LogP contribution is 2.37. The first kappa shape index (κ1) is 12.6. The zero-order valence-corrected chi connectivity index (χ0v) is 9.12. The number of anilines is 1. The van der Waals surface area contributed by atoms with Gasteiger partial charge in [-0.15, -0.1) is 0 Å². The summed E-state index contributed by atoms with van der Waals surface area (Å²) >= 11 is 0. The lowest BCUT2D eigenvalue weighted by molar-refractivity contribution is -0.388. The van der Waals surface area contributed by atoms with Crippen molar-refractivity contribution in [3.63, 3.8) is 0 Å². The van der Waals surface area contributed by atoms with Crippen LogP contribution in [0.15, 0.2) is 18.2 Å². The smallest absolute Gasteiger partial charge is 0.380 e. The standard InChI is InChI=1S/C10H10F3N3O2/c11-10(12,13)8-3-6(15-7-4-14-5-7)1-2-9(8)16(17)18/h1-3,7,14-15H,4-5H2. The van der Waals surface area contributed by atoms with E-state index >= 15 is 0 Å². The molecule has 5 nitrogen and oxygen atoms in total. The Kier molecular flexibility index (Phi) is 3.12. The van der Waals surface area contributed by atoms with Gasteiger partial charge in [-0.1, -0.05) is 0 Å². The highest BCUT2D eigenvalue weighted by Gasteiger charge is 2.38. The van der Waals surface area contributed by atoms with Crippen molar-refractivity contribution < 1.29 is 18.1 Å². The molecule has 0 saturated carbocycles. The summed E-state index contributed by atoms with van der Waals surface area (Å²) in [6.07, 6.45) is -4.74. The maximum Gasteiger partial charge on any atom is 0.423 e. The molecule has 98 valence electrons. The van der Waals surface area contributed by atoms with Gasteiger partial charge in [-0.05, 0) is 12.1 Å². The Balaban J connectivity index is 2.32. The van der Waals surface area contributed by atoms with Crippen molar-refractivity contribution >= 4 is 11.4 Å². The second-order valence-electron chi connectivity index (χ2n) is 3.99. The van der Waals surface area contributed by atoms with Crippen molar-refractivity contribution in [2.24, 2.45) is 0 Å². The molecule has 0 radical (unpaired) electrons. The van der Waals surface area contributed by atoms with Gasteiger partial charge in [0, 0.05) is 24.8 Å². The lowest BCUT2D eigenvalue weighted by atomic mass is 10.1. The molecule has 1 aliphatic rings. The molecule has 0 atom stereocenters. The quantitative estimate of drug-likeness (QED) is 0.645. The number of nitro benzene ring substituents is 1. The number of hydrogen-bond donors (Lipinski definition) is 2. The Morgan fingerprint density at radius 3 is 2.50 bits per heavy atom. The molecule has 0 bridgehead atoms. The Bertz CT molecular complexity index is 472. The average Bonchev–Trinajstić information content (AvgIpc) is 2.22. The number of benzene rings is 1. The van der Waals surface area contributed by atoms with E-state index in [4.69, 9.17) is 0 Å². The molecule has 1 aliphatic heterocycles. The van der Waals surface area contributed by atoms with Gasteiger partial charge >= 0.3 is 6.18 Å². The number of nitrogens with zero attached hydrogens (tertiary/aromatic N) is 1. The number of nitrogens with one attached hydrogen (secondary N) is 2. The molecule has 1 saturated heterocycles. The van der Waals surface area contributed by atoms with Crippen molar-refractivity contribution in [3.05, 3.63) is 33.9 Å². The summed E-state index contributed by atoms with van der Waals surface area (Å²) in [6, 6.07) is 2.99. The predicted molar refractivity (Wildman–Crippen MR) is 58.4 cm³/mol. The lowest BCUT2D eigenvalue weighted by Crippen LogP contribution is -2.51. The van der Waals surface area contributed by atoms with E-state index in [9.17, 15) is 23.3 Å². The number of halogens is 3. The number of nitro groups is 1. The van der Waals surface area contributed by atoms with Crippen molar-refractivity contribution in [1.29, 1.82) is 0 Å². The van der Waals surface area contributed by atoms with E-state index in [2.05, 4.69) is 10.6 Å². The molecule has 1 fully saturated rings. The predicted octanol–water partition coefficient (Wildman–Crippen LogP) is 2.00. The maximum absolute atomic E-state index is 12.7. The van der Waals surface area contributed by atoms with E-state index in [0.717, 1.165) is 12.1 Å². The molecule has 1 aromatic carbocycles. The Hall–Kier alpha value is -1.83. The first-order valence-corrected chi connectivity index (χ1v) is 5.21. The Labute approximate surface area is 100 Å². The second kappa shape index (κ2) is 4.45. The molecule has 0 aliphatic carbocycles. The van der Waals surface area contributed by atoms with Gasteiger partial charge in [0.25, 0.3) is 5.69 Å². The van der Waals surface area contributed by atoms with E-state index in [1.165, 1.54) is 6.07 Å². The molecule has 2 N–H and O–H groups in total. The molecule has 0 amide bonds. The molecule has 8 heteroatoms. The zero-order valence-electron chi connectivity index (χ0n) is 9.12. The van der Waals surface area contributed by atoms with Crippen LogP contribution in [0, 0.1) is 10.1 Å². The fourth-order valence-corrected chi connectivity index (χ4v) is 1.64. The molecule has 2 rings (SSSR count). The summed E-state index contributed by atoms with van der Waals surface area (Å²) in [5.41, 5.74) is -1.93. The van der Waals surface area contributed by atoms with Crippen molar-refractivity contribution in [3.8, 4) is 0 Å². The third-order valence-electron chi connectivity index (χ3n) is 2.65. The van der Waals surface area contributed by atoms with Gasteiger partial charge in [0.2, 0.25) is 0 Å². The van der Waals surface area contributed by atoms with Crippen LogP contribution in [0.25, 0.3) is 0 Å². The maximum atomic E-state index is 12.7. The summed E-state index contributed by atoms with van der Waals surface area (Å²) in [5.74, 6) is 0. The van der Waals surface area contributed by atoms with Crippen LogP contribution in [-0.2, 0) is 6.18 Å². The summed E-state index contributed by atoms with van der Waals surface area (Å²) in [4.78, 5) is 9.51. The van der Waals surface area contributed by atoms with Crippen LogP contribution in [0.1, 0.15) is 5.56 Å². The Morgan fingerprint density at radius 2 is 2.06 bits per heavy atom. The van der Waals surface area contributed by atoms with Crippen LogP contribution >= 0.6 is 0 Å². The van der Waals surface area contributed by atoms with Crippen LogP contribution in [-0.4, -0.2) is 24.1 Å². The topological polar surface area (TPSA) is 67.2 Å². The van der Waals surface area contributed by atoms with Crippen molar-refractivity contribution in [2.45, 2.75) is 12.2 Å². The van der Waals surface area contributed by atoms with Crippen LogP contribution in [0.3, 0.4) is 0 Å². The number of hydrogen-bond acceptors (Lipinski definition) is 4. The monoisotopic (exact) mass is 261 g/mol. The largest absolute Gasteiger partial charge is 0.423 e. The first-order chi connectivity index (χ1) is 8.38. The van der Waals surface area contributed by atoms with Gasteiger partial charge in [0.1, 0.15) is 5.56 Å². The molecule has 0 unspecified atom stereocenters. The molecular weight excluding hydrogens is 251 g/mol. The summed E-state index contributed by atoms with van der Waals surface area (Å²) in [7, 11) is 0. The van der Waals surface area contributed by atoms with Gasteiger partial charge in [-0.3, -0.25) is 10.1 Å². The van der Waals surface area contributed by atoms with Crippen molar-refractivity contribution in [1.82, 2.24) is 5.32 Å². The third kappa shape index (κ3) is 2.53. The molecule has 18 heavy (non-hydrogen) atoms. The van der Waals surface area contributed by atoms with Gasteiger partial charge in [0.05, 0.1) is 11.0 Å². The van der Waals surface area contributed by atoms with E-state index in [1.54, 1.807) is 0 Å². The highest BCUT2D eigenvalue weighted by molar-refractivity contribution is 5.55. The normalized spacial score (nSPS) is 16.2. The minimum Gasteiger partial charge on any atom is -0.380 e. The third-order valence-corrected chi connectivity index (χ3v) is 2.65. The lowest BCUT2D eigenvalue weighted by Gasteiger charge is -2.29. The van der Waals surface area contributed by atoms with E-state index in [0.29, 0.717) is 13.1 Å². The van der Waals surface area contributed by atoms with Gasteiger partial charge in [0.15, 0.2) is 0 Å². The highest BCUT2D eigenvalue weighted by atomic mass is 19.4.